The quantitative estimate of drug-likeness (QED) is 0.855. The van der Waals surface area contributed by atoms with E-state index in [0.717, 1.165) is 12.0 Å². The molecule has 2 nitrogen and oxygen atoms in total. The predicted molar refractivity (Wildman–Crippen MR) is 79.4 cm³/mol. The Kier molecular flexibility index (Phi) is 4.99. The van der Waals surface area contributed by atoms with Crippen molar-refractivity contribution in [2.75, 3.05) is 0 Å². The van der Waals surface area contributed by atoms with Crippen LogP contribution in [0.2, 0.25) is 5.02 Å². The molecule has 0 heterocycles. The molecule has 0 radical (unpaired) electrons. The van der Waals surface area contributed by atoms with Gasteiger partial charge in [-0.2, -0.15) is 0 Å². The van der Waals surface area contributed by atoms with Crippen molar-refractivity contribution in [2.24, 2.45) is 0 Å². The SMILES string of the molecule is CCC(NCc1cccc(F)c1O)c1cccc(Cl)c1. The van der Waals surface area contributed by atoms with Crippen molar-refractivity contribution in [2.45, 2.75) is 25.9 Å². The minimum absolute atomic E-state index is 0.108. The van der Waals surface area contributed by atoms with Crippen molar-refractivity contribution in [3.63, 3.8) is 0 Å². The molecule has 0 aliphatic rings. The molecule has 106 valence electrons. The van der Waals surface area contributed by atoms with E-state index in [-0.39, 0.29) is 11.8 Å². The van der Waals surface area contributed by atoms with Gasteiger partial charge in [-0.05, 0) is 30.2 Å². The molecule has 0 saturated carbocycles. The van der Waals surface area contributed by atoms with Gasteiger partial charge in [0.2, 0.25) is 0 Å². The molecule has 0 bridgehead atoms. The van der Waals surface area contributed by atoms with Crippen LogP contribution in [0.1, 0.15) is 30.5 Å². The lowest BCUT2D eigenvalue weighted by molar-refractivity contribution is 0.418. The topological polar surface area (TPSA) is 32.3 Å². The second kappa shape index (κ2) is 6.73. The molecule has 1 unspecified atom stereocenters. The number of hydrogen-bond acceptors (Lipinski definition) is 2. The highest BCUT2D eigenvalue weighted by atomic mass is 35.5. The van der Waals surface area contributed by atoms with E-state index in [1.165, 1.54) is 6.07 Å². The molecule has 20 heavy (non-hydrogen) atoms. The molecule has 0 saturated heterocycles. The number of phenolic OH excluding ortho intramolecular Hbond substituents is 1. The third-order valence-corrected chi connectivity index (χ3v) is 3.50. The number of benzene rings is 2. The van der Waals surface area contributed by atoms with E-state index in [1.807, 2.05) is 24.3 Å². The van der Waals surface area contributed by atoms with E-state index in [9.17, 15) is 9.50 Å². The average molecular weight is 294 g/mol. The molecular weight excluding hydrogens is 277 g/mol. The zero-order valence-corrected chi connectivity index (χ0v) is 12.0. The first-order valence-electron chi connectivity index (χ1n) is 6.57. The number of halogens is 2. The van der Waals surface area contributed by atoms with Gasteiger partial charge in [0.1, 0.15) is 0 Å². The fourth-order valence-electron chi connectivity index (χ4n) is 2.16. The molecular formula is C16H17ClFNO. The standard InChI is InChI=1S/C16H17ClFNO/c1-2-15(11-5-3-7-13(17)9-11)19-10-12-6-4-8-14(18)16(12)20/h3-9,15,19-20H,2,10H2,1H3. The first-order valence-corrected chi connectivity index (χ1v) is 6.94. The van der Waals surface area contributed by atoms with Gasteiger partial charge in [0, 0.05) is 23.2 Å². The van der Waals surface area contributed by atoms with Crippen LogP contribution in [0.5, 0.6) is 5.75 Å². The summed E-state index contributed by atoms with van der Waals surface area (Å²) < 4.78 is 13.3. The van der Waals surface area contributed by atoms with Crippen LogP contribution in [0.3, 0.4) is 0 Å². The van der Waals surface area contributed by atoms with E-state index < -0.39 is 5.82 Å². The summed E-state index contributed by atoms with van der Waals surface area (Å²) in [5.74, 6) is -0.888. The summed E-state index contributed by atoms with van der Waals surface area (Å²) in [6, 6.07) is 12.3. The average Bonchev–Trinajstić information content (AvgIpc) is 2.44. The van der Waals surface area contributed by atoms with Crippen molar-refractivity contribution in [3.05, 3.63) is 64.4 Å². The van der Waals surface area contributed by atoms with Crippen molar-refractivity contribution < 1.29 is 9.50 Å². The maximum Gasteiger partial charge on any atom is 0.165 e. The molecule has 0 spiro atoms. The minimum Gasteiger partial charge on any atom is -0.505 e. The Bertz CT molecular complexity index is 588. The summed E-state index contributed by atoms with van der Waals surface area (Å²) in [5, 5.41) is 13.7. The number of hydrogen-bond donors (Lipinski definition) is 2. The van der Waals surface area contributed by atoms with Crippen molar-refractivity contribution >= 4 is 11.6 Å². The fourth-order valence-corrected chi connectivity index (χ4v) is 2.36. The summed E-state index contributed by atoms with van der Waals surface area (Å²) in [6.45, 7) is 2.46. The highest BCUT2D eigenvalue weighted by molar-refractivity contribution is 6.30. The zero-order chi connectivity index (χ0) is 14.5. The zero-order valence-electron chi connectivity index (χ0n) is 11.2. The molecule has 0 aliphatic heterocycles. The molecule has 2 rings (SSSR count). The van der Waals surface area contributed by atoms with Gasteiger partial charge in [0.15, 0.2) is 11.6 Å². The van der Waals surface area contributed by atoms with Crippen molar-refractivity contribution in [1.29, 1.82) is 0 Å². The second-order valence-electron chi connectivity index (χ2n) is 4.64. The van der Waals surface area contributed by atoms with E-state index in [4.69, 9.17) is 11.6 Å². The Balaban J connectivity index is 2.10. The monoisotopic (exact) mass is 293 g/mol. The Morgan fingerprint density at radius 1 is 1.25 bits per heavy atom. The number of phenols is 1. The van der Waals surface area contributed by atoms with Crippen LogP contribution >= 0.6 is 11.6 Å². The van der Waals surface area contributed by atoms with Gasteiger partial charge in [-0.25, -0.2) is 4.39 Å². The lowest BCUT2D eigenvalue weighted by Crippen LogP contribution is -2.20. The van der Waals surface area contributed by atoms with Gasteiger partial charge in [0.05, 0.1) is 0 Å². The maximum absolute atomic E-state index is 13.3. The number of rotatable bonds is 5. The fraction of sp³-hybridized carbons (Fsp3) is 0.250. The minimum atomic E-state index is -0.597. The molecule has 1 atom stereocenters. The van der Waals surface area contributed by atoms with Crippen LogP contribution in [-0.4, -0.2) is 5.11 Å². The third-order valence-electron chi connectivity index (χ3n) is 3.27. The molecule has 0 aliphatic carbocycles. The van der Waals surface area contributed by atoms with Crippen molar-refractivity contribution in [1.82, 2.24) is 5.32 Å². The number of para-hydroxylation sites is 1. The third kappa shape index (κ3) is 3.50. The molecule has 2 aromatic carbocycles. The highest BCUT2D eigenvalue weighted by Gasteiger charge is 2.11. The molecule has 0 amide bonds. The summed E-state index contributed by atoms with van der Waals surface area (Å²) >= 11 is 5.99. The number of nitrogens with one attached hydrogen (secondary N) is 1. The molecule has 2 aromatic rings. The first-order chi connectivity index (χ1) is 9.61. The van der Waals surface area contributed by atoms with Crippen LogP contribution in [0.15, 0.2) is 42.5 Å². The lowest BCUT2D eigenvalue weighted by Gasteiger charge is -2.18. The number of aromatic hydroxyl groups is 1. The smallest absolute Gasteiger partial charge is 0.165 e. The van der Waals surface area contributed by atoms with Gasteiger partial charge >= 0.3 is 0 Å². The lowest BCUT2D eigenvalue weighted by atomic mass is 10.0. The molecule has 4 heteroatoms. The van der Waals surface area contributed by atoms with Crippen LogP contribution in [0.25, 0.3) is 0 Å². The Morgan fingerprint density at radius 3 is 2.70 bits per heavy atom. The van der Waals surface area contributed by atoms with Gasteiger partial charge < -0.3 is 10.4 Å². The van der Waals surface area contributed by atoms with Gasteiger partial charge in [0.25, 0.3) is 0 Å². The van der Waals surface area contributed by atoms with E-state index >= 15 is 0 Å². The van der Waals surface area contributed by atoms with Crippen LogP contribution in [0.4, 0.5) is 4.39 Å². The van der Waals surface area contributed by atoms with Crippen LogP contribution in [-0.2, 0) is 6.54 Å². The van der Waals surface area contributed by atoms with Crippen LogP contribution < -0.4 is 5.32 Å². The summed E-state index contributed by atoms with van der Waals surface area (Å²) in [6.07, 6.45) is 0.871. The highest BCUT2D eigenvalue weighted by Crippen LogP contribution is 2.24. The van der Waals surface area contributed by atoms with Crippen molar-refractivity contribution in [3.8, 4) is 5.75 Å². The summed E-state index contributed by atoms with van der Waals surface area (Å²) in [7, 11) is 0. The van der Waals surface area contributed by atoms with Crippen LogP contribution in [0, 0.1) is 5.82 Å². The van der Waals surface area contributed by atoms with E-state index in [2.05, 4.69) is 12.2 Å². The Labute approximate surface area is 123 Å². The summed E-state index contributed by atoms with van der Waals surface area (Å²) in [5.41, 5.74) is 1.63. The summed E-state index contributed by atoms with van der Waals surface area (Å²) in [4.78, 5) is 0. The molecule has 0 aromatic heterocycles. The second-order valence-corrected chi connectivity index (χ2v) is 5.08. The Morgan fingerprint density at radius 2 is 2.00 bits per heavy atom. The molecule has 0 fully saturated rings. The van der Waals surface area contributed by atoms with Gasteiger partial charge in [-0.3, -0.25) is 0 Å². The Hall–Kier alpha value is -1.58. The maximum atomic E-state index is 13.3. The van der Waals surface area contributed by atoms with E-state index in [1.54, 1.807) is 12.1 Å². The first kappa shape index (κ1) is 14.8. The largest absolute Gasteiger partial charge is 0.505 e. The van der Waals surface area contributed by atoms with E-state index in [0.29, 0.717) is 17.1 Å². The molecule has 2 N–H and O–H groups in total. The van der Waals surface area contributed by atoms with Gasteiger partial charge in [-0.1, -0.05) is 42.8 Å². The predicted octanol–water partition coefficient (Wildman–Crippen LogP) is 4.43. The normalized spacial score (nSPS) is 12.3. The van der Waals surface area contributed by atoms with Gasteiger partial charge in [-0.15, -0.1) is 0 Å².